The molecule has 2 rings (SSSR count). The Morgan fingerprint density at radius 3 is 2.56 bits per heavy atom. The number of halogens is 1. The van der Waals surface area contributed by atoms with Gasteiger partial charge in [0.2, 0.25) is 0 Å². The molecule has 0 aliphatic heterocycles. The molecule has 0 bridgehead atoms. The molecule has 0 unspecified atom stereocenters. The minimum Gasteiger partial charge on any atom is -0.481 e. The van der Waals surface area contributed by atoms with E-state index < -0.39 is 41.8 Å². The van der Waals surface area contributed by atoms with Gasteiger partial charge in [0, 0.05) is 5.02 Å². The zero-order chi connectivity index (χ0) is 18.8. The van der Waals surface area contributed by atoms with Crippen molar-refractivity contribution in [2.45, 2.75) is 43.4 Å². The topological polar surface area (TPSA) is 115 Å². The van der Waals surface area contributed by atoms with E-state index in [1.165, 1.54) is 11.9 Å². The van der Waals surface area contributed by atoms with Crippen LogP contribution >= 0.6 is 11.6 Å². The molecule has 3 N–H and O–H groups in total. The normalized spacial score (nSPS) is 25.0. The number of carbonyl (C=O) groups excluding carboxylic acids is 1. The highest BCUT2D eigenvalue weighted by Gasteiger charge is 2.52. The summed E-state index contributed by atoms with van der Waals surface area (Å²) in [5, 5.41) is 28.9. The van der Waals surface area contributed by atoms with Gasteiger partial charge in [0.05, 0.1) is 6.42 Å². The Hall–Kier alpha value is -1.96. The quantitative estimate of drug-likeness (QED) is 0.696. The van der Waals surface area contributed by atoms with E-state index in [1.54, 1.807) is 24.3 Å². The van der Waals surface area contributed by atoms with Gasteiger partial charge in [-0.3, -0.25) is 19.3 Å². The van der Waals surface area contributed by atoms with Crippen molar-refractivity contribution in [2.24, 2.45) is 0 Å². The standard InChI is InChI=1S/C17H20ClNO6/c1-19(12(16(24)25)9-14(21)22)17(8-4-7-13(20)15(17)23)10-5-2-3-6-11(10)18/h2-3,5-6,12-13,20H,4,7-9H2,1H3,(H,21,22)(H,24,25)/t12-,13-,17-/m0/s1. The van der Waals surface area contributed by atoms with Gasteiger partial charge in [-0.25, -0.2) is 0 Å². The van der Waals surface area contributed by atoms with E-state index in [4.69, 9.17) is 16.7 Å². The number of benzene rings is 1. The molecule has 0 amide bonds. The first-order valence-electron chi connectivity index (χ1n) is 7.86. The maximum atomic E-state index is 13.0. The smallest absolute Gasteiger partial charge is 0.321 e. The highest BCUT2D eigenvalue weighted by Crippen LogP contribution is 2.43. The van der Waals surface area contributed by atoms with E-state index in [-0.39, 0.29) is 17.9 Å². The van der Waals surface area contributed by atoms with Crippen molar-refractivity contribution in [3.8, 4) is 0 Å². The van der Waals surface area contributed by atoms with E-state index in [0.717, 1.165) is 0 Å². The molecular weight excluding hydrogens is 350 g/mol. The lowest BCUT2D eigenvalue weighted by Crippen LogP contribution is -2.61. The molecule has 0 aromatic heterocycles. The zero-order valence-corrected chi connectivity index (χ0v) is 14.4. The summed E-state index contributed by atoms with van der Waals surface area (Å²) in [6, 6.07) is 5.08. The Kier molecular flexibility index (Phi) is 5.82. The van der Waals surface area contributed by atoms with Crippen LogP contribution in [-0.2, 0) is 19.9 Å². The van der Waals surface area contributed by atoms with Crippen molar-refractivity contribution in [2.75, 3.05) is 7.05 Å². The van der Waals surface area contributed by atoms with Crippen molar-refractivity contribution in [3.63, 3.8) is 0 Å². The highest BCUT2D eigenvalue weighted by atomic mass is 35.5. The molecule has 3 atom stereocenters. The summed E-state index contributed by atoms with van der Waals surface area (Å²) >= 11 is 6.27. The number of carboxylic acids is 2. The Morgan fingerprint density at radius 2 is 2.00 bits per heavy atom. The van der Waals surface area contributed by atoms with E-state index in [0.29, 0.717) is 12.0 Å². The second-order valence-corrected chi connectivity index (χ2v) is 6.58. The molecule has 1 aliphatic rings. The Bertz CT molecular complexity index is 693. The van der Waals surface area contributed by atoms with Crippen LogP contribution < -0.4 is 0 Å². The third-order valence-electron chi connectivity index (χ3n) is 4.77. The van der Waals surface area contributed by atoms with Gasteiger partial charge in [-0.1, -0.05) is 29.8 Å². The van der Waals surface area contributed by atoms with Gasteiger partial charge in [0.15, 0.2) is 5.78 Å². The lowest BCUT2D eigenvalue weighted by atomic mass is 9.72. The van der Waals surface area contributed by atoms with Crippen molar-refractivity contribution in [1.82, 2.24) is 4.90 Å². The van der Waals surface area contributed by atoms with Crippen molar-refractivity contribution in [3.05, 3.63) is 34.9 Å². The van der Waals surface area contributed by atoms with Crippen LogP contribution in [0.4, 0.5) is 0 Å². The molecule has 1 fully saturated rings. The van der Waals surface area contributed by atoms with Crippen LogP contribution in [-0.4, -0.2) is 57.1 Å². The molecule has 25 heavy (non-hydrogen) atoms. The van der Waals surface area contributed by atoms with E-state index in [9.17, 15) is 24.6 Å². The Labute approximate surface area is 149 Å². The van der Waals surface area contributed by atoms with Crippen molar-refractivity contribution < 1.29 is 29.7 Å². The van der Waals surface area contributed by atoms with Gasteiger partial charge in [-0.15, -0.1) is 0 Å². The van der Waals surface area contributed by atoms with Crippen LogP contribution in [0.1, 0.15) is 31.2 Å². The summed E-state index contributed by atoms with van der Waals surface area (Å²) in [6.45, 7) is 0. The number of aliphatic carboxylic acids is 2. The number of carboxylic acid groups (broad SMARTS) is 2. The zero-order valence-electron chi connectivity index (χ0n) is 13.7. The van der Waals surface area contributed by atoms with Crippen LogP contribution in [0, 0.1) is 0 Å². The first kappa shape index (κ1) is 19.4. The monoisotopic (exact) mass is 369 g/mol. The largest absolute Gasteiger partial charge is 0.481 e. The molecule has 0 saturated heterocycles. The number of hydrogen-bond donors (Lipinski definition) is 3. The molecule has 0 spiro atoms. The summed E-state index contributed by atoms with van der Waals surface area (Å²) in [6.07, 6.45) is -0.947. The number of likely N-dealkylation sites (N-methyl/N-ethyl adjacent to an activating group) is 1. The predicted molar refractivity (Wildman–Crippen MR) is 89.4 cm³/mol. The third-order valence-corrected chi connectivity index (χ3v) is 5.10. The van der Waals surface area contributed by atoms with Crippen LogP contribution in [0.25, 0.3) is 0 Å². The van der Waals surface area contributed by atoms with Crippen LogP contribution in [0.5, 0.6) is 0 Å². The van der Waals surface area contributed by atoms with Crippen LogP contribution in [0.2, 0.25) is 5.02 Å². The molecule has 0 radical (unpaired) electrons. The first-order valence-corrected chi connectivity index (χ1v) is 8.24. The molecule has 7 nitrogen and oxygen atoms in total. The summed E-state index contributed by atoms with van der Waals surface area (Å²) in [5.74, 6) is -3.22. The number of hydrogen-bond acceptors (Lipinski definition) is 5. The number of aliphatic hydroxyl groups excluding tert-OH is 1. The average molecular weight is 370 g/mol. The molecule has 1 aromatic rings. The number of ketones is 1. The fraction of sp³-hybridized carbons (Fsp3) is 0.471. The summed E-state index contributed by atoms with van der Waals surface area (Å²) in [7, 11) is 1.39. The summed E-state index contributed by atoms with van der Waals surface area (Å²) in [4.78, 5) is 37.0. The fourth-order valence-electron chi connectivity index (χ4n) is 3.51. The molecule has 0 heterocycles. The van der Waals surface area contributed by atoms with Crippen molar-refractivity contribution >= 4 is 29.3 Å². The van der Waals surface area contributed by atoms with Crippen molar-refractivity contribution in [1.29, 1.82) is 0 Å². The Morgan fingerprint density at radius 1 is 1.36 bits per heavy atom. The summed E-state index contributed by atoms with van der Waals surface area (Å²) < 4.78 is 0. The number of rotatable bonds is 6. The Balaban J connectivity index is 2.63. The second-order valence-electron chi connectivity index (χ2n) is 6.18. The van der Waals surface area contributed by atoms with E-state index in [1.807, 2.05) is 0 Å². The third kappa shape index (κ3) is 3.53. The molecule has 8 heteroatoms. The molecule has 1 aromatic carbocycles. The number of aliphatic hydroxyl groups is 1. The second kappa shape index (κ2) is 7.51. The number of carbonyl (C=O) groups is 3. The summed E-state index contributed by atoms with van der Waals surface area (Å²) in [5.41, 5.74) is -1.12. The number of nitrogens with zero attached hydrogens (tertiary/aromatic N) is 1. The SMILES string of the molecule is CN([C@@H](CC(=O)O)C(=O)O)[C@]1(c2ccccc2Cl)CCC[C@H](O)C1=O. The lowest BCUT2D eigenvalue weighted by Gasteiger charge is -2.47. The fourth-order valence-corrected chi connectivity index (χ4v) is 3.80. The van der Waals surface area contributed by atoms with E-state index in [2.05, 4.69) is 0 Å². The first-order chi connectivity index (χ1) is 11.7. The number of Topliss-reactive ketones (excluding diaryl/α,β-unsaturated/α-hetero) is 1. The van der Waals surface area contributed by atoms with Gasteiger partial charge in [0.1, 0.15) is 17.7 Å². The molecular formula is C17H20ClNO6. The van der Waals surface area contributed by atoms with Gasteiger partial charge in [0.25, 0.3) is 0 Å². The van der Waals surface area contributed by atoms with E-state index >= 15 is 0 Å². The van der Waals surface area contributed by atoms with Gasteiger partial charge in [-0.2, -0.15) is 0 Å². The van der Waals surface area contributed by atoms with Crippen LogP contribution in [0.3, 0.4) is 0 Å². The molecule has 1 aliphatic carbocycles. The minimum atomic E-state index is -1.49. The van der Waals surface area contributed by atoms with Gasteiger partial charge in [-0.05, 0) is 37.9 Å². The minimum absolute atomic E-state index is 0.243. The van der Waals surface area contributed by atoms with Crippen LogP contribution in [0.15, 0.2) is 24.3 Å². The highest BCUT2D eigenvalue weighted by molar-refractivity contribution is 6.31. The maximum absolute atomic E-state index is 13.0. The van der Waals surface area contributed by atoms with Gasteiger partial charge >= 0.3 is 11.9 Å². The molecule has 136 valence electrons. The predicted octanol–water partition coefficient (Wildman–Crippen LogP) is 1.51. The maximum Gasteiger partial charge on any atom is 0.321 e. The molecule has 1 saturated carbocycles. The lowest BCUT2D eigenvalue weighted by molar-refractivity contribution is -0.159. The van der Waals surface area contributed by atoms with Gasteiger partial charge < -0.3 is 15.3 Å². The average Bonchev–Trinajstić information content (AvgIpc) is 2.55.